The Labute approximate surface area is 98.2 Å². The number of hydrogen-bond acceptors (Lipinski definition) is 1. The molecule has 4 rings (SSSR count). The maximum absolute atomic E-state index is 6.48. The summed E-state index contributed by atoms with van der Waals surface area (Å²) in [6.07, 6.45) is 12.0. The molecule has 1 nitrogen and oxygen atoms in total. The molecular weight excluding hydrogens is 196 g/mol. The van der Waals surface area contributed by atoms with Crippen LogP contribution in [0, 0.1) is 29.6 Å². The Balaban J connectivity index is 1.73. The normalized spacial score (nSPS) is 56.2. The molecule has 4 aliphatic carbocycles. The van der Waals surface area contributed by atoms with Gasteiger partial charge in [0.2, 0.25) is 0 Å². The minimum Gasteiger partial charge on any atom is -0.374 e. The van der Waals surface area contributed by atoms with Crippen molar-refractivity contribution in [2.24, 2.45) is 29.6 Å². The number of allylic oxidation sites excluding steroid dienone is 1. The van der Waals surface area contributed by atoms with Crippen LogP contribution >= 0.6 is 0 Å². The Bertz CT molecular complexity index is 334. The molecule has 0 aromatic heterocycles. The van der Waals surface area contributed by atoms with E-state index in [1.54, 1.807) is 0 Å². The molecule has 0 aromatic rings. The lowest BCUT2D eigenvalue weighted by Crippen LogP contribution is -2.49. The summed E-state index contributed by atoms with van der Waals surface area (Å²) in [5.41, 5.74) is 0.304. The number of rotatable bonds is 3. The summed E-state index contributed by atoms with van der Waals surface area (Å²) in [5, 5.41) is 0. The van der Waals surface area contributed by atoms with Gasteiger partial charge in [-0.15, -0.1) is 0 Å². The van der Waals surface area contributed by atoms with Crippen molar-refractivity contribution in [2.45, 2.75) is 44.6 Å². The molecule has 4 bridgehead atoms. The van der Waals surface area contributed by atoms with Gasteiger partial charge in [0.25, 0.3) is 0 Å². The highest BCUT2D eigenvalue weighted by molar-refractivity contribution is 5.27. The second kappa shape index (κ2) is 3.13. The van der Waals surface area contributed by atoms with E-state index in [4.69, 9.17) is 4.74 Å². The number of hydrogen-bond donors (Lipinski definition) is 0. The fourth-order valence-corrected chi connectivity index (χ4v) is 5.56. The zero-order chi connectivity index (χ0) is 10.8. The number of fused-ring (bicyclic) bond motifs is 9. The van der Waals surface area contributed by atoms with Gasteiger partial charge in [0.05, 0.1) is 5.60 Å². The van der Waals surface area contributed by atoms with Crippen LogP contribution in [-0.4, -0.2) is 12.2 Å². The van der Waals surface area contributed by atoms with Gasteiger partial charge in [0.1, 0.15) is 0 Å². The smallest absolute Gasteiger partial charge is 0.0809 e. The Hall–Kier alpha value is -0.300. The van der Waals surface area contributed by atoms with Gasteiger partial charge in [-0.2, -0.15) is 0 Å². The van der Waals surface area contributed by atoms with E-state index in [0.29, 0.717) is 5.60 Å². The van der Waals surface area contributed by atoms with E-state index in [9.17, 15) is 0 Å². The van der Waals surface area contributed by atoms with Crippen molar-refractivity contribution >= 4 is 0 Å². The molecular formula is C15H22O. The Morgan fingerprint density at radius 2 is 2.19 bits per heavy atom. The molecule has 1 heteroatoms. The third kappa shape index (κ3) is 0.932. The van der Waals surface area contributed by atoms with Crippen LogP contribution in [0.4, 0.5) is 0 Å². The average molecular weight is 218 g/mol. The quantitative estimate of drug-likeness (QED) is 0.521. The molecule has 0 N–H and O–H groups in total. The fourth-order valence-electron chi connectivity index (χ4n) is 5.56. The van der Waals surface area contributed by atoms with Crippen LogP contribution in [0.5, 0.6) is 0 Å². The van der Waals surface area contributed by atoms with E-state index >= 15 is 0 Å². The van der Waals surface area contributed by atoms with Crippen LogP contribution < -0.4 is 0 Å². The summed E-state index contributed by atoms with van der Waals surface area (Å²) in [4.78, 5) is 0. The minimum atomic E-state index is 0.304. The van der Waals surface area contributed by atoms with Gasteiger partial charge in [-0.05, 0) is 55.8 Å². The van der Waals surface area contributed by atoms with Crippen molar-refractivity contribution in [3.63, 3.8) is 0 Å². The van der Waals surface area contributed by atoms with Crippen molar-refractivity contribution in [2.75, 3.05) is 6.61 Å². The van der Waals surface area contributed by atoms with Crippen molar-refractivity contribution in [1.82, 2.24) is 0 Å². The van der Waals surface area contributed by atoms with Crippen LogP contribution in [0.25, 0.3) is 0 Å². The Morgan fingerprint density at radius 3 is 3.06 bits per heavy atom. The van der Waals surface area contributed by atoms with Gasteiger partial charge in [-0.25, -0.2) is 0 Å². The molecule has 0 saturated heterocycles. The summed E-state index contributed by atoms with van der Waals surface area (Å²) in [7, 11) is 0. The number of ether oxygens (including phenoxy) is 1. The molecule has 3 fully saturated rings. The van der Waals surface area contributed by atoms with Crippen molar-refractivity contribution in [3.8, 4) is 0 Å². The van der Waals surface area contributed by atoms with E-state index in [-0.39, 0.29) is 0 Å². The standard InChI is InChI=1S/C15H22O/c1-2-7-16-15-12-5-3-10(8-12)14(15)11-4-6-13(15)9-11/h3,5,10-14H,2,4,6-9H2,1H3. The Morgan fingerprint density at radius 1 is 1.25 bits per heavy atom. The lowest BCUT2D eigenvalue weighted by atomic mass is 9.69. The molecule has 0 radical (unpaired) electrons. The molecule has 0 heterocycles. The zero-order valence-corrected chi connectivity index (χ0v) is 10.2. The van der Waals surface area contributed by atoms with Crippen molar-refractivity contribution in [1.29, 1.82) is 0 Å². The molecule has 4 aliphatic rings. The molecule has 6 unspecified atom stereocenters. The van der Waals surface area contributed by atoms with Gasteiger partial charge in [0, 0.05) is 12.5 Å². The molecule has 0 aromatic carbocycles. The lowest BCUT2D eigenvalue weighted by Gasteiger charge is -2.45. The van der Waals surface area contributed by atoms with Crippen LogP contribution in [0.1, 0.15) is 39.0 Å². The first kappa shape index (κ1) is 9.70. The summed E-state index contributed by atoms with van der Waals surface area (Å²) < 4.78 is 6.48. The molecule has 88 valence electrons. The third-order valence-corrected chi connectivity index (χ3v) is 5.85. The first-order valence-electron chi connectivity index (χ1n) is 7.18. The summed E-state index contributed by atoms with van der Waals surface area (Å²) >= 11 is 0. The van der Waals surface area contributed by atoms with Gasteiger partial charge in [-0.3, -0.25) is 0 Å². The highest BCUT2D eigenvalue weighted by Crippen LogP contribution is 2.69. The first-order valence-corrected chi connectivity index (χ1v) is 7.18. The van der Waals surface area contributed by atoms with Crippen molar-refractivity contribution < 1.29 is 4.74 Å². The van der Waals surface area contributed by atoms with E-state index < -0.39 is 0 Å². The second-order valence-electron chi connectivity index (χ2n) is 6.39. The summed E-state index contributed by atoms with van der Waals surface area (Å²) in [6, 6.07) is 0. The first-order chi connectivity index (χ1) is 7.86. The maximum atomic E-state index is 6.48. The van der Waals surface area contributed by atoms with Gasteiger partial charge in [-0.1, -0.05) is 19.1 Å². The Kier molecular flexibility index (Phi) is 1.90. The van der Waals surface area contributed by atoms with Gasteiger partial charge in [0.15, 0.2) is 0 Å². The monoisotopic (exact) mass is 218 g/mol. The molecule has 0 amide bonds. The lowest BCUT2D eigenvalue weighted by molar-refractivity contribution is -0.127. The predicted octanol–water partition coefficient (Wildman–Crippen LogP) is 3.40. The van der Waals surface area contributed by atoms with Gasteiger partial charge >= 0.3 is 0 Å². The highest BCUT2D eigenvalue weighted by atomic mass is 16.5. The highest BCUT2D eigenvalue weighted by Gasteiger charge is 2.68. The fraction of sp³-hybridized carbons (Fsp3) is 0.867. The van der Waals surface area contributed by atoms with Crippen LogP contribution in [0.15, 0.2) is 12.2 Å². The van der Waals surface area contributed by atoms with E-state index in [0.717, 1.165) is 36.2 Å². The summed E-state index contributed by atoms with van der Waals surface area (Å²) in [6.45, 7) is 3.22. The average Bonchev–Trinajstić information content (AvgIpc) is 3.02. The SMILES string of the molecule is CCCOC12C3C=CC(C3)C1C1CCC2C1. The predicted molar refractivity (Wildman–Crippen MR) is 64.0 cm³/mol. The topological polar surface area (TPSA) is 9.23 Å². The van der Waals surface area contributed by atoms with E-state index in [1.807, 2.05) is 0 Å². The minimum absolute atomic E-state index is 0.304. The molecule has 6 atom stereocenters. The molecule has 16 heavy (non-hydrogen) atoms. The largest absolute Gasteiger partial charge is 0.374 e. The van der Waals surface area contributed by atoms with Crippen LogP contribution in [-0.2, 0) is 4.74 Å². The third-order valence-electron chi connectivity index (χ3n) is 5.85. The molecule has 3 saturated carbocycles. The van der Waals surface area contributed by atoms with Crippen LogP contribution in [0.2, 0.25) is 0 Å². The van der Waals surface area contributed by atoms with Crippen LogP contribution in [0.3, 0.4) is 0 Å². The van der Waals surface area contributed by atoms with E-state index in [1.165, 1.54) is 32.1 Å². The molecule has 0 aliphatic heterocycles. The summed E-state index contributed by atoms with van der Waals surface area (Å²) in [5.74, 6) is 4.44. The van der Waals surface area contributed by atoms with Gasteiger partial charge < -0.3 is 4.74 Å². The molecule has 0 spiro atoms. The zero-order valence-electron chi connectivity index (χ0n) is 10.2. The van der Waals surface area contributed by atoms with Crippen molar-refractivity contribution in [3.05, 3.63) is 12.2 Å². The maximum Gasteiger partial charge on any atom is 0.0809 e. The second-order valence-corrected chi connectivity index (χ2v) is 6.39. The van der Waals surface area contributed by atoms with E-state index in [2.05, 4.69) is 19.1 Å².